The van der Waals surface area contributed by atoms with Crippen molar-refractivity contribution >= 4 is 22.6 Å². The smallest absolute Gasteiger partial charge is 0.327 e. The molecule has 1 aromatic carbocycles. The average molecular weight is 526 g/mol. The van der Waals surface area contributed by atoms with E-state index in [4.69, 9.17) is 4.74 Å². The Morgan fingerprint density at radius 1 is 0.897 bits per heavy atom. The first-order chi connectivity index (χ1) is 13.8. The van der Waals surface area contributed by atoms with Gasteiger partial charge in [-0.3, -0.25) is 0 Å². The van der Waals surface area contributed by atoms with E-state index >= 15 is 0 Å². The highest BCUT2D eigenvalue weighted by atomic mass is 127. The molecule has 0 N–H and O–H groups in total. The van der Waals surface area contributed by atoms with Gasteiger partial charge in [0.05, 0.1) is 6.61 Å². The average Bonchev–Trinajstić information content (AvgIpc) is 2.66. The topological polar surface area (TPSA) is 9.23 Å². The summed E-state index contributed by atoms with van der Waals surface area (Å²) >= 11 is 0.733. The van der Waals surface area contributed by atoms with Gasteiger partial charge in [-0.1, -0.05) is 32.6 Å². The van der Waals surface area contributed by atoms with Crippen molar-refractivity contribution in [2.75, 3.05) is 6.61 Å². The second-order valence-electron chi connectivity index (χ2n) is 8.92. The van der Waals surface area contributed by atoms with Gasteiger partial charge >= 0.3 is 3.93 Å². The highest BCUT2D eigenvalue weighted by Gasteiger charge is 2.35. The first kappa shape index (κ1) is 23.1. The van der Waals surface area contributed by atoms with Gasteiger partial charge in [-0.15, -0.1) is 0 Å². The summed E-state index contributed by atoms with van der Waals surface area (Å²) in [5.41, 5.74) is -1.21. The summed E-state index contributed by atoms with van der Waals surface area (Å²) in [6.45, 7) is 2.65. The van der Waals surface area contributed by atoms with E-state index in [1.165, 1.54) is 51.4 Å². The molecule has 164 valence electrons. The summed E-state index contributed by atoms with van der Waals surface area (Å²) in [5.74, 6) is 0.411. The van der Waals surface area contributed by atoms with Crippen LogP contribution in [0.1, 0.15) is 76.7 Å². The fourth-order valence-corrected chi connectivity index (χ4v) is 5.82. The lowest BCUT2D eigenvalue weighted by Crippen LogP contribution is -2.27. The third-order valence-corrected chi connectivity index (χ3v) is 7.47. The van der Waals surface area contributed by atoms with Crippen LogP contribution in [0.5, 0.6) is 5.75 Å². The minimum atomic E-state index is -3.58. The van der Waals surface area contributed by atoms with Crippen molar-refractivity contribution < 1.29 is 22.3 Å². The molecule has 0 aliphatic heterocycles. The van der Waals surface area contributed by atoms with E-state index in [1.54, 1.807) is 0 Å². The van der Waals surface area contributed by atoms with Crippen LogP contribution in [0, 0.1) is 35.3 Å². The van der Waals surface area contributed by atoms with E-state index in [-0.39, 0.29) is 5.75 Å². The molecule has 0 bridgehead atoms. The van der Waals surface area contributed by atoms with Crippen LogP contribution in [-0.4, -0.2) is 6.61 Å². The lowest BCUT2D eigenvalue weighted by molar-refractivity contribution is 0.115. The van der Waals surface area contributed by atoms with Crippen LogP contribution in [0.4, 0.5) is 17.6 Å². The van der Waals surface area contributed by atoms with Crippen molar-refractivity contribution in [3.63, 3.8) is 0 Å². The second-order valence-corrected chi connectivity index (χ2v) is 10.3. The van der Waals surface area contributed by atoms with Crippen molar-refractivity contribution in [1.82, 2.24) is 0 Å². The Balaban J connectivity index is 1.45. The SMILES string of the molecule is CCCC1CCC(C2CCC(COc3cc(F)c(C(F)(F)I)c(F)c3)CC2)CC1. The molecule has 0 heterocycles. The van der Waals surface area contributed by atoms with Gasteiger partial charge in [0.15, 0.2) is 0 Å². The zero-order chi connectivity index (χ0) is 21.0. The van der Waals surface area contributed by atoms with Gasteiger partial charge in [0, 0.05) is 34.7 Å². The highest BCUT2D eigenvalue weighted by molar-refractivity contribution is 14.1. The molecule has 2 aliphatic carbocycles. The summed E-state index contributed by atoms with van der Waals surface area (Å²) in [5, 5.41) is 0. The maximum Gasteiger partial charge on any atom is 0.327 e. The van der Waals surface area contributed by atoms with Gasteiger partial charge in [0.1, 0.15) is 22.9 Å². The summed E-state index contributed by atoms with van der Waals surface area (Å²) in [4.78, 5) is 0. The van der Waals surface area contributed by atoms with Crippen LogP contribution in [-0.2, 0) is 3.93 Å². The normalized spacial score (nSPS) is 28.3. The molecule has 2 saturated carbocycles. The number of ether oxygens (including phenoxy) is 1. The summed E-state index contributed by atoms with van der Waals surface area (Å²) in [6, 6.07) is 1.73. The molecule has 0 saturated heterocycles. The summed E-state index contributed by atoms with van der Waals surface area (Å²) in [7, 11) is 0. The van der Waals surface area contributed by atoms with Gasteiger partial charge < -0.3 is 4.74 Å². The fraction of sp³-hybridized carbons (Fsp3) is 0.739. The number of hydrogen-bond acceptors (Lipinski definition) is 1. The molecule has 0 amide bonds. The van der Waals surface area contributed by atoms with E-state index in [1.807, 2.05) is 0 Å². The molecule has 2 aliphatic rings. The van der Waals surface area contributed by atoms with Gasteiger partial charge in [0.25, 0.3) is 0 Å². The van der Waals surface area contributed by atoms with Gasteiger partial charge in [-0.05, 0) is 62.2 Å². The maximum atomic E-state index is 13.9. The van der Waals surface area contributed by atoms with E-state index in [0.29, 0.717) is 12.5 Å². The van der Waals surface area contributed by atoms with E-state index in [0.717, 1.165) is 65.3 Å². The Morgan fingerprint density at radius 3 is 1.83 bits per heavy atom. The molecule has 29 heavy (non-hydrogen) atoms. The number of halogens is 5. The van der Waals surface area contributed by atoms with Crippen LogP contribution >= 0.6 is 22.6 Å². The third-order valence-electron chi connectivity index (χ3n) is 6.93. The van der Waals surface area contributed by atoms with Crippen LogP contribution in [0.2, 0.25) is 0 Å². The van der Waals surface area contributed by atoms with E-state index < -0.39 is 21.1 Å². The van der Waals surface area contributed by atoms with Crippen LogP contribution in [0.15, 0.2) is 12.1 Å². The fourth-order valence-electron chi connectivity index (χ4n) is 5.30. The highest BCUT2D eigenvalue weighted by Crippen LogP contribution is 2.43. The molecule has 6 heteroatoms. The molecule has 1 aromatic rings. The quantitative estimate of drug-likeness (QED) is 0.198. The minimum absolute atomic E-state index is 0.0132. The molecule has 0 unspecified atom stereocenters. The maximum absolute atomic E-state index is 13.9. The summed E-state index contributed by atoms with van der Waals surface area (Å²) in [6.07, 6.45) is 12.7. The largest absolute Gasteiger partial charge is 0.493 e. The zero-order valence-corrected chi connectivity index (χ0v) is 19.2. The van der Waals surface area contributed by atoms with E-state index in [9.17, 15) is 17.6 Å². The number of alkyl halides is 3. The monoisotopic (exact) mass is 526 g/mol. The molecule has 0 aromatic heterocycles. The zero-order valence-electron chi connectivity index (χ0n) is 17.0. The van der Waals surface area contributed by atoms with E-state index in [2.05, 4.69) is 6.92 Å². The second kappa shape index (κ2) is 10.2. The van der Waals surface area contributed by atoms with Crippen LogP contribution < -0.4 is 4.74 Å². The van der Waals surface area contributed by atoms with Crippen LogP contribution in [0.25, 0.3) is 0 Å². The molecule has 0 spiro atoms. The Morgan fingerprint density at radius 2 is 1.38 bits per heavy atom. The Hall–Kier alpha value is -0.530. The minimum Gasteiger partial charge on any atom is -0.493 e. The molecule has 3 rings (SSSR count). The molecule has 1 nitrogen and oxygen atoms in total. The van der Waals surface area contributed by atoms with Gasteiger partial charge in [-0.2, -0.15) is 8.78 Å². The Bertz CT molecular complexity index is 636. The number of benzene rings is 1. The predicted molar refractivity (Wildman–Crippen MR) is 116 cm³/mol. The van der Waals surface area contributed by atoms with Crippen molar-refractivity contribution in [1.29, 1.82) is 0 Å². The summed E-state index contributed by atoms with van der Waals surface area (Å²) < 4.78 is 56.4. The van der Waals surface area contributed by atoms with Crippen LogP contribution in [0.3, 0.4) is 0 Å². The van der Waals surface area contributed by atoms with Crippen molar-refractivity contribution in [3.8, 4) is 5.75 Å². The number of hydrogen-bond donors (Lipinski definition) is 0. The van der Waals surface area contributed by atoms with Crippen molar-refractivity contribution in [2.24, 2.45) is 23.7 Å². The van der Waals surface area contributed by atoms with Gasteiger partial charge in [0.2, 0.25) is 0 Å². The van der Waals surface area contributed by atoms with Crippen molar-refractivity contribution in [2.45, 2.75) is 75.1 Å². The Labute approximate surface area is 185 Å². The molecule has 0 atom stereocenters. The first-order valence-electron chi connectivity index (χ1n) is 11.0. The third kappa shape index (κ3) is 6.23. The number of rotatable bonds is 7. The predicted octanol–water partition coefficient (Wildman–Crippen LogP) is 8.24. The standard InChI is InChI=1S/C23H31F4IO/c1-2-3-15-4-8-17(9-5-15)18-10-6-16(7-11-18)14-29-19-12-20(24)22(21(25)13-19)23(26,27)28/h12-13,15-18H,2-11,14H2,1H3. The first-order valence-corrected chi connectivity index (χ1v) is 12.0. The molecule has 2 fully saturated rings. The lowest BCUT2D eigenvalue weighted by atomic mass is 9.69. The van der Waals surface area contributed by atoms with Crippen molar-refractivity contribution in [3.05, 3.63) is 29.3 Å². The Kier molecular flexibility index (Phi) is 8.13. The molecule has 0 radical (unpaired) electrons. The van der Waals surface area contributed by atoms with Gasteiger partial charge in [-0.25, -0.2) is 8.78 Å². The molecular weight excluding hydrogens is 495 g/mol. The lowest BCUT2D eigenvalue weighted by Gasteiger charge is -2.37. The molecular formula is C23H31F4IO.